The Bertz CT molecular complexity index is 2400. The van der Waals surface area contributed by atoms with E-state index in [2.05, 4.69) is 174 Å². The molecule has 0 fully saturated rings. The van der Waals surface area contributed by atoms with Gasteiger partial charge in [-0.15, -0.1) is 0 Å². The van der Waals surface area contributed by atoms with Crippen molar-refractivity contribution < 1.29 is 0 Å². The second kappa shape index (κ2) is 11.1. The average Bonchev–Trinajstić information content (AvgIpc) is 3.46. The van der Waals surface area contributed by atoms with E-state index < -0.39 is 0 Å². The molecule has 218 valence electrons. The first kappa shape index (κ1) is 26.7. The highest BCUT2D eigenvalue weighted by Gasteiger charge is 2.23. The van der Waals surface area contributed by atoms with Gasteiger partial charge < -0.3 is 4.57 Å². The monoisotopic (exact) mass is 587 g/mol. The maximum absolute atomic E-state index is 2.49. The molecule has 1 unspecified atom stereocenters. The summed E-state index contributed by atoms with van der Waals surface area (Å²) in [6.45, 7) is 0. The Balaban J connectivity index is 1.13. The van der Waals surface area contributed by atoms with Gasteiger partial charge in [0.15, 0.2) is 0 Å². The Hall–Kier alpha value is -5.66. The maximum Gasteiger partial charge on any atom is 0.0537 e. The fourth-order valence-corrected chi connectivity index (χ4v) is 7.65. The van der Waals surface area contributed by atoms with Gasteiger partial charge in [-0.05, 0) is 86.5 Å². The van der Waals surface area contributed by atoms with Crippen LogP contribution in [0.2, 0.25) is 0 Å². The molecule has 0 saturated carbocycles. The summed E-state index contributed by atoms with van der Waals surface area (Å²) < 4.78 is 2.49. The second-order valence-corrected chi connectivity index (χ2v) is 12.4. The number of nitrogens with zero attached hydrogens (tertiary/aromatic N) is 1. The van der Waals surface area contributed by atoms with Crippen molar-refractivity contribution in [2.45, 2.75) is 18.8 Å². The van der Waals surface area contributed by atoms with Gasteiger partial charge in [-0.3, -0.25) is 0 Å². The molecule has 1 heteroatoms. The Morgan fingerprint density at radius 1 is 0.478 bits per heavy atom. The summed E-state index contributed by atoms with van der Waals surface area (Å²) in [5.41, 5.74) is 12.0. The fraction of sp³-hybridized carbons (Fsp3) is 0.0667. The predicted octanol–water partition coefficient (Wildman–Crippen LogP) is 11.6. The lowest BCUT2D eigenvalue weighted by Gasteiger charge is -2.22. The first-order valence-electron chi connectivity index (χ1n) is 16.3. The van der Waals surface area contributed by atoms with Crippen molar-refractivity contribution >= 4 is 44.1 Å². The number of benzene rings is 7. The van der Waals surface area contributed by atoms with Crippen LogP contribution in [-0.4, -0.2) is 4.57 Å². The SMILES string of the molecule is C1=C(c2ccc(C(c3ccccc3)c3cccc4ccccc34)cc2)CCc2c1c1ccccc1n2-c1ccc2ccccc2c1. The topological polar surface area (TPSA) is 4.93 Å². The molecule has 8 aromatic rings. The molecule has 46 heavy (non-hydrogen) atoms. The molecular weight excluding hydrogens is 555 g/mol. The Labute approximate surface area is 269 Å². The van der Waals surface area contributed by atoms with Crippen LogP contribution < -0.4 is 0 Å². The summed E-state index contributed by atoms with van der Waals surface area (Å²) in [5.74, 6) is 0.160. The van der Waals surface area contributed by atoms with Crippen molar-refractivity contribution in [3.05, 3.63) is 197 Å². The quantitative estimate of drug-likeness (QED) is 0.177. The summed E-state index contributed by atoms with van der Waals surface area (Å²) in [6, 6.07) is 60.1. The van der Waals surface area contributed by atoms with E-state index >= 15 is 0 Å². The van der Waals surface area contributed by atoms with Gasteiger partial charge in [-0.25, -0.2) is 0 Å². The van der Waals surface area contributed by atoms with Crippen LogP contribution in [0.15, 0.2) is 164 Å². The normalized spacial score (nSPS) is 13.5. The molecule has 1 heterocycles. The Kier molecular flexibility index (Phi) is 6.42. The zero-order chi connectivity index (χ0) is 30.5. The third-order valence-corrected chi connectivity index (χ3v) is 9.84. The van der Waals surface area contributed by atoms with Crippen LogP contribution in [0.3, 0.4) is 0 Å². The van der Waals surface area contributed by atoms with Crippen LogP contribution in [0.25, 0.3) is 49.8 Å². The van der Waals surface area contributed by atoms with Gasteiger partial charge in [0.2, 0.25) is 0 Å². The van der Waals surface area contributed by atoms with E-state index in [1.54, 1.807) is 0 Å². The number of allylic oxidation sites excluding steroid dienone is 1. The number of rotatable bonds is 5. The number of fused-ring (bicyclic) bond motifs is 5. The molecule has 1 aromatic heterocycles. The second-order valence-electron chi connectivity index (χ2n) is 12.4. The zero-order valence-corrected chi connectivity index (χ0v) is 25.6. The van der Waals surface area contributed by atoms with Gasteiger partial charge in [-0.1, -0.05) is 146 Å². The molecule has 1 atom stereocenters. The van der Waals surface area contributed by atoms with Crippen molar-refractivity contribution in [1.29, 1.82) is 0 Å². The molecule has 9 rings (SSSR count). The minimum Gasteiger partial charge on any atom is -0.313 e. The predicted molar refractivity (Wildman–Crippen MR) is 195 cm³/mol. The Morgan fingerprint density at radius 3 is 2.00 bits per heavy atom. The summed E-state index contributed by atoms with van der Waals surface area (Å²) in [7, 11) is 0. The van der Waals surface area contributed by atoms with Gasteiger partial charge in [-0.2, -0.15) is 0 Å². The molecule has 0 radical (unpaired) electrons. The van der Waals surface area contributed by atoms with Crippen molar-refractivity contribution in [2.24, 2.45) is 0 Å². The summed E-state index contributed by atoms with van der Waals surface area (Å²) in [6.07, 6.45) is 4.47. The molecular formula is C45H33N. The molecule has 0 saturated heterocycles. The molecule has 7 aromatic carbocycles. The van der Waals surface area contributed by atoms with E-state index in [1.165, 1.54) is 77.2 Å². The van der Waals surface area contributed by atoms with E-state index in [9.17, 15) is 0 Å². The molecule has 1 nitrogen and oxygen atoms in total. The summed E-state index contributed by atoms with van der Waals surface area (Å²) in [4.78, 5) is 0. The molecule has 0 bridgehead atoms. The van der Waals surface area contributed by atoms with Crippen LogP contribution in [0.5, 0.6) is 0 Å². The highest BCUT2D eigenvalue weighted by molar-refractivity contribution is 5.99. The molecule has 0 aliphatic heterocycles. The van der Waals surface area contributed by atoms with Crippen molar-refractivity contribution in [3.8, 4) is 5.69 Å². The van der Waals surface area contributed by atoms with E-state index in [1.807, 2.05) is 0 Å². The van der Waals surface area contributed by atoms with Crippen LogP contribution in [0, 0.1) is 0 Å². The number of aromatic nitrogens is 1. The van der Waals surface area contributed by atoms with Crippen molar-refractivity contribution in [2.75, 3.05) is 0 Å². The molecule has 0 amide bonds. The van der Waals surface area contributed by atoms with E-state index in [4.69, 9.17) is 0 Å². The number of hydrogen-bond acceptors (Lipinski definition) is 0. The first-order valence-corrected chi connectivity index (χ1v) is 16.3. The lowest BCUT2D eigenvalue weighted by Crippen LogP contribution is -2.06. The van der Waals surface area contributed by atoms with Crippen LogP contribution in [0.4, 0.5) is 0 Å². The Morgan fingerprint density at radius 2 is 1.15 bits per heavy atom. The van der Waals surface area contributed by atoms with Gasteiger partial charge in [0, 0.05) is 28.2 Å². The van der Waals surface area contributed by atoms with E-state index in [-0.39, 0.29) is 5.92 Å². The maximum atomic E-state index is 2.49. The zero-order valence-electron chi connectivity index (χ0n) is 25.6. The number of hydrogen-bond donors (Lipinski definition) is 0. The molecule has 1 aliphatic carbocycles. The minimum atomic E-state index is 0.160. The fourth-order valence-electron chi connectivity index (χ4n) is 7.65. The van der Waals surface area contributed by atoms with Crippen LogP contribution in [0.1, 0.15) is 45.8 Å². The highest BCUT2D eigenvalue weighted by atomic mass is 15.0. The minimum absolute atomic E-state index is 0.160. The third-order valence-electron chi connectivity index (χ3n) is 9.84. The van der Waals surface area contributed by atoms with E-state index in [0.29, 0.717) is 0 Å². The number of para-hydroxylation sites is 1. The van der Waals surface area contributed by atoms with E-state index in [0.717, 1.165) is 12.8 Å². The lowest BCUT2D eigenvalue weighted by molar-refractivity contribution is 0.898. The molecule has 0 spiro atoms. The standard InChI is InChI=1S/C45H33N/c1-2-13-34(14-3-1)45(41-19-10-16-33-12-6-7-17-39(33)41)35-23-21-32(22-24-35)37-26-28-44-42(30-37)40-18-8-9-20-43(40)46(44)38-27-25-31-11-4-5-15-36(31)29-38/h1-25,27,29-30,45H,26,28H2. The van der Waals surface area contributed by atoms with Crippen molar-refractivity contribution in [1.82, 2.24) is 4.57 Å². The van der Waals surface area contributed by atoms with Crippen LogP contribution >= 0.6 is 0 Å². The largest absolute Gasteiger partial charge is 0.313 e. The van der Waals surface area contributed by atoms with Gasteiger partial charge in [0.1, 0.15) is 0 Å². The summed E-state index contributed by atoms with van der Waals surface area (Å²) in [5, 5.41) is 6.46. The molecule has 0 N–H and O–H groups in total. The van der Waals surface area contributed by atoms with Crippen LogP contribution in [-0.2, 0) is 6.42 Å². The average molecular weight is 588 g/mol. The highest BCUT2D eigenvalue weighted by Crippen LogP contribution is 2.40. The summed E-state index contributed by atoms with van der Waals surface area (Å²) >= 11 is 0. The van der Waals surface area contributed by atoms with Gasteiger partial charge in [0.05, 0.1) is 5.52 Å². The van der Waals surface area contributed by atoms with Gasteiger partial charge in [0.25, 0.3) is 0 Å². The smallest absolute Gasteiger partial charge is 0.0537 e. The van der Waals surface area contributed by atoms with Gasteiger partial charge >= 0.3 is 0 Å². The first-order chi connectivity index (χ1) is 22.8. The molecule has 1 aliphatic rings. The third kappa shape index (κ3) is 4.47. The van der Waals surface area contributed by atoms with Crippen molar-refractivity contribution in [3.63, 3.8) is 0 Å². The lowest BCUT2D eigenvalue weighted by atomic mass is 9.82.